The summed E-state index contributed by atoms with van der Waals surface area (Å²) in [5, 5.41) is 4.42. The van der Waals surface area contributed by atoms with E-state index in [0.717, 1.165) is 18.7 Å². The molecule has 0 aliphatic carbocycles. The minimum atomic E-state index is 0.138. The molecule has 1 amide bonds. The number of hydrogen-bond acceptors (Lipinski definition) is 2. The van der Waals surface area contributed by atoms with Crippen LogP contribution in [0.2, 0.25) is 10.0 Å². The number of rotatable bonds is 2. The molecule has 1 aromatic carbocycles. The molecule has 1 aliphatic heterocycles. The molecule has 1 N–H and O–H groups in total. The van der Waals surface area contributed by atoms with Gasteiger partial charge in [-0.05, 0) is 31.5 Å². The summed E-state index contributed by atoms with van der Waals surface area (Å²) in [5.74, 6) is 0.138. The van der Waals surface area contributed by atoms with Crippen molar-refractivity contribution < 1.29 is 4.79 Å². The Morgan fingerprint density at radius 3 is 2.47 bits per heavy atom. The summed E-state index contributed by atoms with van der Waals surface area (Å²) in [5.41, 5.74) is 0.901. The highest BCUT2D eigenvalue weighted by atomic mass is 35.5. The van der Waals surface area contributed by atoms with Gasteiger partial charge >= 0.3 is 0 Å². The lowest BCUT2D eigenvalue weighted by Gasteiger charge is -2.36. The third-order valence-electron chi connectivity index (χ3n) is 3.25. The van der Waals surface area contributed by atoms with Crippen LogP contribution in [0, 0.1) is 0 Å². The van der Waals surface area contributed by atoms with Gasteiger partial charge in [0.05, 0.1) is 16.5 Å². The number of amides is 1. The second-order valence-corrected chi connectivity index (χ2v) is 6.01. The van der Waals surface area contributed by atoms with E-state index in [0.29, 0.717) is 28.5 Å². The smallest absolute Gasteiger partial charge is 0.227 e. The zero-order chi connectivity index (χ0) is 14.0. The first-order chi connectivity index (χ1) is 8.95. The Morgan fingerprint density at radius 2 is 1.89 bits per heavy atom. The van der Waals surface area contributed by atoms with Crippen LogP contribution in [0.3, 0.4) is 0 Å². The van der Waals surface area contributed by atoms with E-state index in [1.807, 2.05) is 11.0 Å². The van der Waals surface area contributed by atoms with Crippen LogP contribution in [-0.4, -0.2) is 36.0 Å². The molecule has 0 unspecified atom stereocenters. The van der Waals surface area contributed by atoms with Crippen molar-refractivity contribution in [1.82, 2.24) is 10.2 Å². The Balaban J connectivity index is 2.02. The predicted molar refractivity (Wildman–Crippen MR) is 78.8 cm³/mol. The van der Waals surface area contributed by atoms with Crippen LogP contribution in [0.5, 0.6) is 0 Å². The van der Waals surface area contributed by atoms with E-state index in [-0.39, 0.29) is 5.91 Å². The first-order valence-electron chi connectivity index (χ1n) is 6.43. The number of halogens is 2. The summed E-state index contributed by atoms with van der Waals surface area (Å²) in [6, 6.07) is 6.01. The highest BCUT2D eigenvalue weighted by Gasteiger charge is 2.24. The zero-order valence-electron chi connectivity index (χ0n) is 11.1. The first-order valence-corrected chi connectivity index (χ1v) is 7.19. The summed E-state index contributed by atoms with van der Waals surface area (Å²) < 4.78 is 0. The Morgan fingerprint density at radius 1 is 1.26 bits per heavy atom. The van der Waals surface area contributed by atoms with Gasteiger partial charge in [-0.1, -0.05) is 29.3 Å². The molecule has 2 atom stereocenters. The maximum atomic E-state index is 12.3. The number of hydrogen-bond donors (Lipinski definition) is 1. The van der Waals surface area contributed by atoms with Gasteiger partial charge < -0.3 is 10.2 Å². The van der Waals surface area contributed by atoms with Crippen molar-refractivity contribution in [3.8, 4) is 0 Å². The molecule has 104 valence electrons. The molecule has 0 spiro atoms. The van der Waals surface area contributed by atoms with Crippen LogP contribution in [0.1, 0.15) is 19.4 Å². The summed E-state index contributed by atoms with van der Waals surface area (Å²) in [7, 11) is 0. The SMILES string of the molecule is C[C@H]1CN(C(=O)Cc2ccc(Cl)c(Cl)c2)C[C@H](C)N1. The van der Waals surface area contributed by atoms with Crippen LogP contribution in [-0.2, 0) is 11.2 Å². The van der Waals surface area contributed by atoms with Gasteiger partial charge in [0.2, 0.25) is 5.91 Å². The molecule has 0 saturated carbocycles. The van der Waals surface area contributed by atoms with Crippen molar-refractivity contribution in [1.29, 1.82) is 0 Å². The summed E-state index contributed by atoms with van der Waals surface area (Å²) in [6.07, 6.45) is 0.371. The third-order valence-corrected chi connectivity index (χ3v) is 3.99. The minimum Gasteiger partial charge on any atom is -0.339 e. The van der Waals surface area contributed by atoms with Crippen molar-refractivity contribution in [3.05, 3.63) is 33.8 Å². The number of nitrogens with one attached hydrogen (secondary N) is 1. The highest BCUT2D eigenvalue weighted by molar-refractivity contribution is 6.42. The van der Waals surface area contributed by atoms with E-state index in [4.69, 9.17) is 23.2 Å². The predicted octanol–water partition coefficient (Wildman–Crippen LogP) is 2.74. The molecule has 5 heteroatoms. The number of carbonyl (C=O) groups is 1. The molecule has 0 radical (unpaired) electrons. The maximum absolute atomic E-state index is 12.3. The van der Waals surface area contributed by atoms with E-state index in [1.54, 1.807) is 12.1 Å². The number of carbonyl (C=O) groups excluding carboxylic acids is 1. The van der Waals surface area contributed by atoms with Crippen LogP contribution in [0.15, 0.2) is 18.2 Å². The fourth-order valence-corrected chi connectivity index (χ4v) is 2.79. The largest absolute Gasteiger partial charge is 0.339 e. The molecule has 1 fully saturated rings. The van der Waals surface area contributed by atoms with Gasteiger partial charge in [0.1, 0.15) is 0 Å². The van der Waals surface area contributed by atoms with Gasteiger partial charge in [-0.3, -0.25) is 4.79 Å². The average Bonchev–Trinajstić information content (AvgIpc) is 2.32. The van der Waals surface area contributed by atoms with Crippen LogP contribution >= 0.6 is 23.2 Å². The number of piperazine rings is 1. The first kappa shape index (κ1) is 14.6. The minimum absolute atomic E-state index is 0.138. The topological polar surface area (TPSA) is 32.3 Å². The van der Waals surface area contributed by atoms with E-state index >= 15 is 0 Å². The van der Waals surface area contributed by atoms with E-state index in [2.05, 4.69) is 19.2 Å². The molecule has 1 aromatic rings. The highest BCUT2D eigenvalue weighted by Crippen LogP contribution is 2.23. The van der Waals surface area contributed by atoms with Crippen molar-refractivity contribution in [3.63, 3.8) is 0 Å². The van der Waals surface area contributed by atoms with E-state index < -0.39 is 0 Å². The van der Waals surface area contributed by atoms with Crippen LogP contribution in [0.4, 0.5) is 0 Å². The van der Waals surface area contributed by atoms with E-state index in [1.165, 1.54) is 0 Å². The lowest BCUT2D eigenvalue weighted by atomic mass is 10.1. The molecule has 0 bridgehead atoms. The summed E-state index contributed by atoms with van der Waals surface area (Å²) in [6.45, 7) is 5.69. The summed E-state index contributed by atoms with van der Waals surface area (Å²) >= 11 is 11.8. The fraction of sp³-hybridized carbons (Fsp3) is 0.500. The van der Waals surface area contributed by atoms with Crippen molar-refractivity contribution in [2.45, 2.75) is 32.4 Å². The fourth-order valence-electron chi connectivity index (χ4n) is 2.47. The monoisotopic (exact) mass is 300 g/mol. The van der Waals surface area contributed by atoms with Gasteiger partial charge in [0, 0.05) is 25.2 Å². The number of benzene rings is 1. The normalized spacial score (nSPS) is 23.5. The molecular weight excluding hydrogens is 283 g/mol. The molecule has 19 heavy (non-hydrogen) atoms. The Bertz CT molecular complexity index is 469. The zero-order valence-corrected chi connectivity index (χ0v) is 12.6. The van der Waals surface area contributed by atoms with Gasteiger partial charge in [0.15, 0.2) is 0 Å². The molecular formula is C14H18Cl2N2O. The quantitative estimate of drug-likeness (QED) is 0.911. The lowest BCUT2D eigenvalue weighted by Crippen LogP contribution is -2.56. The van der Waals surface area contributed by atoms with Gasteiger partial charge in [-0.2, -0.15) is 0 Å². The van der Waals surface area contributed by atoms with Crippen LogP contribution < -0.4 is 5.32 Å². The molecule has 3 nitrogen and oxygen atoms in total. The van der Waals surface area contributed by atoms with Crippen molar-refractivity contribution >= 4 is 29.1 Å². The second kappa shape index (κ2) is 6.12. The van der Waals surface area contributed by atoms with E-state index in [9.17, 15) is 4.79 Å². The molecule has 0 aromatic heterocycles. The molecule has 1 saturated heterocycles. The molecule has 2 rings (SSSR count). The van der Waals surface area contributed by atoms with Crippen molar-refractivity contribution in [2.75, 3.05) is 13.1 Å². The third kappa shape index (κ3) is 3.85. The standard InChI is InChI=1S/C14H18Cl2N2O/c1-9-7-18(8-10(2)17-9)14(19)6-11-3-4-12(15)13(16)5-11/h3-5,9-10,17H,6-8H2,1-2H3/t9-,10-/m0/s1. The number of nitrogens with zero attached hydrogens (tertiary/aromatic N) is 1. The Hall–Kier alpha value is -0.770. The second-order valence-electron chi connectivity index (χ2n) is 5.19. The van der Waals surface area contributed by atoms with Gasteiger partial charge in [0.25, 0.3) is 0 Å². The average molecular weight is 301 g/mol. The lowest BCUT2D eigenvalue weighted by molar-refractivity contribution is -0.132. The van der Waals surface area contributed by atoms with Gasteiger partial charge in [-0.25, -0.2) is 0 Å². The molecule has 1 heterocycles. The molecule has 1 aliphatic rings. The maximum Gasteiger partial charge on any atom is 0.227 e. The van der Waals surface area contributed by atoms with Crippen molar-refractivity contribution in [2.24, 2.45) is 0 Å². The Labute approximate surface area is 123 Å². The van der Waals surface area contributed by atoms with Gasteiger partial charge in [-0.15, -0.1) is 0 Å². The Kier molecular flexibility index (Phi) is 4.71. The summed E-state index contributed by atoms with van der Waals surface area (Å²) in [4.78, 5) is 14.2. The van der Waals surface area contributed by atoms with Crippen LogP contribution in [0.25, 0.3) is 0 Å².